The van der Waals surface area contributed by atoms with Gasteiger partial charge in [-0.05, 0) is 43.0 Å². The van der Waals surface area contributed by atoms with E-state index in [1.165, 1.54) is 17.7 Å². The molecule has 2 aliphatic rings. The number of amides is 1. The van der Waals surface area contributed by atoms with Crippen LogP contribution in [-0.4, -0.2) is 47.2 Å². The second kappa shape index (κ2) is 5.59. The average Bonchev–Trinajstić information content (AvgIpc) is 3.25. The number of halogens is 1. The molecule has 0 spiro atoms. The zero-order chi connectivity index (χ0) is 15.7. The number of ether oxygens (including phenoxy) is 1. The summed E-state index contributed by atoms with van der Waals surface area (Å²) in [4.78, 5) is 24.4. The van der Waals surface area contributed by atoms with Gasteiger partial charge >= 0.3 is 5.97 Å². The number of carbonyl (C=O) groups is 2. The van der Waals surface area contributed by atoms with Crippen LogP contribution in [0.25, 0.3) is 0 Å². The number of hydrogen-bond acceptors (Lipinski definition) is 3. The van der Waals surface area contributed by atoms with Crippen LogP contribution in [-0.2, 0) is 4.79 Å². The Kier molecular flexibility index (Phi) is 3.76. The SMILES string of the molecule is O=C(c1ccc(OCC2CC2)cc1)N1CCC(F)(C(=O)O)C1. The summed E-state index contributed by atoms with van der Waals surface area (Å²) >= 11 is 0. The van der Waals surface area contributed by atoms with E-state index >= 15 is 0 Å². The van der Waals surface area contributed by atoms with Crippen LogP contribution in [0.15, 0.2) is 24.3 Å². The van der Waals surface area contributed by atoms with Crippen molar-refractivity contribution in [1.82, 2.24) is 4.90 Å². The minimum Gasteiger partial charge on any atom is -0.493 e. The van der Waals surface area contributed by atoms with Gasteiger partial charge in [0, 0.05) is 18.5 Å². The first-order valence-electron chi connectivity index (χ1n) is 7.42. The highest BCUT2D eigenvalue weighted by Crippen LogP contribution is 2.30. The van der Waals surface area contributed by atoms with Crippen LogP contribution in [0.3, 0.4) is 0 Å². The molecular formula is C16H18FNO4. The van der Waals surface area contributed by atoms with Crippen LogP contribution in [0, 0.1) is 5.92 Å². The lowest BCUT2D eigenvalue weighted by molar-refractivity contribution is -0.149. The van der Waals surface area contributed by atoms with Crippen molar-refractivity contribution in [2.24, 2.45) is 5.92 Å². The van der Waals surface area contributed by atoms with Gasteiger partial charge in [0.25, 0.3) is 5.91 Å². The van der Waals surface area contributed by atoms with Gasteiger partial charge in [-0.1, -0.05) is 0 Å². The molecule has 1 atom stereocenters. The van der Waals surface area contributed by atoms with Gasteiger partial charge in [0.05, 0.1) is 13.2 Å². The van der Waals surface area contributed by atoms with Crippen LogP contribution in [0.2, 0.25) is 0 Å². The van der Waals surface area contributed by atoms with E-state index in [4.69, 9.17) is 9.84 Å². The van der Waals surface area contributed by atoms with Crippen LogP contribution >= 0.6 is 0 Å². The number of carboxylic acid groups (broad SMARTS) is 1. The molecule has 1 amide bonds. The van der Waals surface area contributed by atoms with E-state index in [0.717, 1.165) is 0 Å². The Morgan fingerprint density at radius 2 is 2.00 bits per heavy atom. The smallest absolute Gasteiger partial charge is 0.343 e. The molecule has 22 heavy (non-hydrogen) atoms. The van der Waals surface area contributed by atoms with E-state index in [-0.39, 0.29) is 18.9 Å². The highest BCUT2D eigenvalue weighted by atomic mass is 19.1. The molecule has 3 rings (SSSR count). The summed E-state index contributed by atoms with van der Waals surface area (Å²) in [5.74, 6) is -0.504. The molecule has 0 radical (unpaired) electrons. The number of likely N-dealkylation sites (tertiary alicyclic amines) is 1. The Bertz CT molecular complexity index is 584. The molecular weight excluding hydrogens is 289 g/mol. The van der Waals surface area contributed by atoms with Crippen molar-refractivity contribution in [3.8, 4) is 5.75 Å². The first-order valence-corrected chi connectivity index (χ1v) is 7.42. The fraction of sp³-hybridized carbons (Fsp3) is 0.500. The third-order valence-electron chi connectivity index (χ3n) is 4.17. The van der Waals surface area contributed by atoms with Crippen molar-refractivity contribution in [1.29, 1.82) is 0 Å². The van der Waals surface area contributed by atoms with Crippen molar-refractivity contribution < 1.29 is 23.8 Å². The number of rotatable bonds is 5. The first kappa shape index (κ1) is 14.8. The number of benzene rings is 1. The number of alkyl halides is 1. The molecule has 1 aromatic carbocycles. The first-order chi connectivity index (χ1) is 10.5. The lowest BCUT2D eigenvalue weighted by Crippen LogP contribution is -2.38. The third kappa shape index (κ3) is 3.05. The highest BCUT2D eigenvalue weighted by Gasteiger charge is 2.46. The molecule has 1 aliphatic heterocycles. The van der Waals surface area contributed by atoms with Crippen molar-refractivity contribution in [2.45, 2.75) is 24.9 Å². The van der Waals surface area contributed by atoms with Crippen LogP contribution in [0.5, 0.6) is 5.75 Å². The highest BCUT2D eigenvalue weighted by molar-refractivity contribution is 5.95. The average molecular weight is 307 g/mol. The molecule has 0 bridgehead atoms. The van der Waals surface area contributed by atoms with Gasteiger partial charge in [-0.3, -0.25) is 4.79 Å². The van der Waals surface area contributed by atoms with Gasteiger partial charge in [0.15, 0.2) is 0 Å². The van der Waals surface area contributed by atoms with Crippen molar-refractivity contribution in [3.63, 3.8) is 0 Å². The molecule has 1 aliphatic carbocycles. The quantitative estimate of drug-likeness (QED) is 0.905. The number of aliphatic carboxylic acids is 1. The lowest BCUT2D eigenvalue weighted by atomic mass is 10.1. The van der Waals surface area contributed by atoms with Crippen LogP contribution < -0.4 is 4.74 Å². The molecule has 1 unspecified atom stereocenters. The number of carboxylic acids is 1. The third-order valence-corrected chi connectivity index (χ3v) is 4.17. The molecule has 2 fully saturated rings. The van der Waals surface area contributed by atoms with E-state index < -0.39 is 18.2 Å². The minimum atomic E-state index is -2.33. The Balaban J connectivity index is 1.61. The molecule has 1 saturated heterocycles. The maximum atomic E-state index is 14.0. The number of carbonyl (C=O) groups excluding carboxylic acids is 1. The summed E-state index contributed by atoms with van der Waals surface area (Å²) in [6, 6.07) is 6.68. The Labute approximate surface area is 127 Å². The van der Waals surface area contributed by atoms with Gasteiger partial charge in [-0.25, -0.2) is 9.18 Å². The van der Waals surface area contributed by atoms with Gasteiger partial charge in [0.1, 0.15) is 5.75 Å². The van der Waals surface area contributed by atoms with Crippen molar-refractivity contribution in [2.75, 3.05) is 19.7 Å². The van der Waals surface area contributed by atoms with Gasteiger partial charge in [-0.15, -0.1) is 0 Å². The fourth-order valence-corrected chi connectivity index (χ4v) is 2.50. The lowest BCUT2D eigenvalue weighted by Gasteiger charge is -2.18. The van der Waals surface area contributed by atoms with Crippen LogP contribution in [0.4, 0.5) is 4.39 Å². The fourth-order valence-electron chi connectivity index (χ4n) is 2.50. The predicted molar refractivity (Wildman–Crippen MR) is 76.7 cm³/mol. The summed E-state index contributed by atoms with van der Waals surface area (Å²) in [6.07, 6.45) is 2.25. The van der Waals surface area contributed by atoms with Gasteiger partial charge in [-0.2, -0.15) is 0 Å². The maximum absolute atomic E-state index is 14.0. The van der Waals surface area contributed by atoms with Gasteiger partial charge < -0.3 is 14.7 Å². The molecule has 0 aromatic heterocycles. The van der Waals surface area contributed by atoms with E-state index in [0.29, 0.717) is 23.8 Å². The zero-order valence-corrected chi connectivity index (χ0v) is 12.1. The summed E-state index contributed by atoms with van der Waals surface area (Å²) in [5.41, 5.74) is -1.92. The summed E-state index contributed by atoms with van der Waals surface area (Å²) in [6.45, 7) is 0.408. The Hall–Kier alpha value is -2.11. The van der Waals surface area contributed by atoms with Crippen molar-refractivity contribution in [3.05, 3.63) is 29.8 Å². The van der Waals surface area contributed by atoms with E-state index in [1.807, 2.05) is 0 Å². The standard InChI is InChI=1S/C16H18FNO4/c17-16(15(20)21)7-8-18(10-16)14(19)12-3-5-13(6-4-12)22-9-11-1-2-11/h3-6,11H,1-2,7-10H2,(H,20,21). The molecule has 1 aromatic rings. The summed E-state index contributed by atoms with van der Waals surface area (Å²) < 4.78 is 19.6. The second-order valence-electron chi connectivity index (χ2n) is 6.03. The van der Waals surface area contributed by atoms with E-state index in [1.54, 1.807) is 24.3 Å². The minimum absolute atomic E-state index is 0.113. The topological polar surface area (TPSA) is 66.8 Å². The number of hydrogen-bond donors (Lipinski definition) is 1. The Morgan fingerprint density at radius 3 is 2.55 bits per heavy atom. The molecule has 118 valence electrons. The maximum Gasteiger partial charge on any atom is 0.343 e. The largest absolute Gasteiger partial charge is 0.493 e. The monoisotopic (exact) mass is 307 g/mol. The zero-order valence-electron chi connectivity index (χ0n) is 12.1. The molecule has 1 saturated carbocycles. The molecule has 1 heterocycles. The summed E-state index contributed by atoms with van der Waals surface area (Å²) in [5, 5.41) is 8.86. The summed E-state index contributed by atoms with van der Waals surface area (Å²) in [7, 11) is 0. The van der Waals surface area contributed by atoms with E-state index in [2.05, 4.69) is 0 Å². The van der Waals surface area contributed by atoms with Crippen LogP contribution in [0.1, 0.15) is 29.6 Å². The second-order valence-corrected chi connectivity index (χ2v) is 6.03. The predicted octanol–water partition coefficient (Wildman–Crippen LogP) is 2.11. The number of nitrogens with zero attached hydrogens (tertiary/aromatic N) is 1. The van der Waals surface area contributed by atoms with E-state index in [9.17, 15) is 14.0 Å². The molecule has 6 heteroatoms. The van der Waals surface area contributed by atoms with Crippen molar-refractivity contribution >= 4 is 11.9 Å². The molecule has 1 N–H and O–H groups in total. The van der Waals surface area contributed by atoms with Gasteiger partial charge in [0.2, 0.25) is 5.67 Å². The molecule has 5 nitrogen and oxygen atoms in total. The normalized spacial score (nSPS) is 24.3. The Morgan fingerprint density at radius 1 is 1.32 bits per heavy atom.